The highest BCUT2D eigenvalue weighted by Gasteiger charge is 2.30. The van der Waals surface area contributed by atoms with Crippen LogP contribution in [0.15, 0.2) is 29.2 Å². The third-order valence-electron chi connectivity index (χ3n) is 5.16. The van der Waals surface area contributed by atoms with Crippen LogP contribution in [0.5, 0.6) is 0 Å². The van der Waals surface area contributed by atoms with Gasteiger partial charge in [-0.2, -0.15) is 4.31 Å². The first-order valence-electron chi connectivity index (χ1n) is 8.63. The van der Waals surface area contributed by atoms with Gasteiger partial charge in [0, 0.05) is 25.2 Å². The quantitative estimate of drug-likeness (QED) is 0.598. The number of nitro benzene ring substituents is 1. The molecular formula is C17H25N3O5S. The summed E-state index contributed by atoms with van der Waals surface area (Å²) in [5.41, 5.74) is -0.311. The van der Waals surface area contributed by atoms with Gasteiger partial charge in [0.15, 0.2) is 0 Å². The van der Waals surface area contributed by atoms with Crippen molar-refractivity contribution in [2.75, 3.05) is 13.6 Å². The van der Waals surface area contributed by atoms with E-state index >= 15 is 0 Å². The molecule has 3 unspecified atom stereocenters. The second kappa shape index (κ2) is 8.13. The van der Waals surface area contributed by atoms with Gasteiger partial charge in [-0.3, -0.25) is 14.9 Å². The fraction of sp³-hybridized carbons (Fsp3) is 0.588. The number of sulfonamides is 1. The number of carbonyl (C=O) groups excluding carboxylic acids is 1. The maximum absolute atomic E-state index is 12.6. The molecule has 2 rings (SSSR count). The first kappa shape index (κ1) is 20.3. The summed E-state index contributed by atoms with van der Waals surface area (Å²) >= 11 is 0. The van der Waals surface area contributed by atoms with Crippen LogP contribution in [0.1, 0.15) is 33.1 Å². The Morgan fingerprint density at radius 3 is 2.69 bits per heavy atom. The maximum Gasteiger partial charge on any atom is 0.270 e. The molecule has 26 heavy (non-hydrogen) atoms. The summed E-state index contributed by atoms with van der Waals surface area (Å²) in [7, 11) is -2.69. The van der Waals surface area contributed by atoms with Gasteiger partial charge >= 0.3 is 0 Å². The molecular weight excluding hydrogens is 358 g/mol. The molecule has 1 fully saturated rings. The van der Waals surface area contributed by atoms with E-state index in [2.05, 4.69) is 19.2 Å². The van der Waals surface area contributed by atoms with Crippen molar-refractivity contribution in [3.8, 4) is 0 Å². The number of nitro groups is 1. The average molecular weight is 383 g/mol. The monoisotopic (exact) mass is 383 g/mol. The van der Waals surface area contributed by atoms with Gasteiger partial charge in [0.1, 0.15) is 0 Å². The summed E-state index contributed by atoms with van der Waals surface area (Å²) in [5.74, 6) is 0.485. The number of carbonyl (C=O) groups is 1. The number of likely N-dealkylation sites (N-methyl/N-ethyl adjacent to an activating group) is 1. The summed E-state index contributed by atoms with van der Waals surface area (Å²) in [5, 5.41) is 13.8. The first-order valence-corrected chi connectivity index (χ1v) is 10.1. The predicted octanol–water partition coefficient (Wildman–Crippen LogP) is 2.16. The highest BCUT2D eigenvalue weighted by Crippen LogP contribution is 2.29. The third-order valence-corrected chi connectivity index (χ3v) is 6.96. The lowest BCUT2D eigenvalue weighted by atomic mass is 9.78. The molecule has 9 heteroatoms. The van der Waals surface area contributed by atoms with E-state index in [1.807, 2.05) is 0 Å². The zero-order chi connectivity index (χ0) is 19.5. The minimum absolute atomic E-state index is 0.0418. The molecule has 1 aromatic rings. The zero-order valence-corrected chi connectivity index (χ0v) is 16.0. The van der Waals surface area contributed by atoms with Gasteiger partial charge in [-0.1, -0.05) is 32.8 Å². The van der Waals surface area contributed by atoms with Crippen molar-refractivity contribution < 1.29 is 18.1 Å². The number of nitrogens with one attached hydrogen (secondary N) is 1. The molecule has 1 N–H and O–H groups in total. The second-order valence-electron chi connectivity index (χ2n) is 6.96. The largest absolute Gasteiger partial charge is 0.352 e. The molecule has 1 aliphatic rings. The Hall–Kier alpha value is -2.00. The lowest BCUT2D eigenvalue weighted by Gasteiger charge is -2.34. The topological polar surface area (TPSA) is 110 Å². The van der Waals surface area contributed by atoms with Crippen molar-refractivity contribution in [1.29, 1.82) is 0 Å². The predicted molar refractivity (Wildman–Crippen MR) is 97.0 cm³/mol. The average Bonchev–Trinajstić information content (AvgIpc) is 2.59. The van der Waals surface area contributed by atoms with Crippen LogP contribution in [0.4, 0.5) is 5.69 Å². The second-order valence-corrected chi connectivity index (χ2v) is 9.00. The minimum Gasteiger partial charge on any atom is -0.352 e. The van der Waals surface area contributed by atoms with E-state index in [9.17, 15) is 23.3 Å². The lowest BCUT2D eigenvalue weighted by Crippen LogP contribution is -2.47. The standard InChI is InChI=1S/C17H25N3O5S/c1-12-6-4-9-16(13(12)2)18-17(21)11-19(3)26(24,25)15-8-5-7-14(10-15)20(22)23/h5,7-8,10,12-13,16H,4,6,9,11H2,1-3H3,(H,18,21). The van der Waals surface area contributed by atoms with Crippen molar-refractivity contribution in [3.63, 3.8) is 0 Å². The SMILES string of the molecule is CC1CCCC(NC(=O)CN(C)S(=O)(=O)c2cccc([N+](=O)[O-])c2)C1C. The van der Waals surface area contributed by atoms with E-state index in [0.717, 1.165) is 29.6 Å². The van der Waals surface area contributed by atoms with Crippen LogP contribution in [0.25, 0.3) is 0 Å². The normalized spacial score (nSPS) is 23.6. The third kappa shape index (κ3) is 4.59. The molecule has 0 radical (unpaired) electrons. The zero-order valence-electron chi connectivity index (χ0n) is 15.2. The highest BCUT2D eigenvalue weighted by molar-refractivity contribution is 7.89. The Kier molecular flexibility index (Phi) is 6.35. The Labute approximate surface area is 153 Å². The highest BCUT2D eigenvalue weighted by atomic mass is 32.2. The Morgan fingerprint density at radius 1 is 1.35 bits per heavy atom. The number of non-ortho nitro benzene ring substituents is 1. The molecule has 1 amide bonds. The molecule has 0 aromatic heterocycles. The van der Waals surface area contributed by atoms with Crippen LogP contribution >= 0.6 is 0 Å². The summed E-state index contributed by atoms with van der Waals surface area (Å²) in [6, 6.07) is 4.85. The van der Waals surface area contributed by atoms with Crippen molar-refractivity contribution in [1.82, 2.24) is 9.62 Å². The molecule has 0 heterocycles. The van der Waals surface area contributed by atoms with Gasteiger partial charge in [-0.15, -0.1) is 0 Å². The molecule has 0 bridgehead atoms. The molecule has 1 saturated carbocycles. The fourth-order valence-electron chi connectivity index (χ4n) is 3.26. The summed E-state index contributed by atoms with van der Waals surface area (Å²) < 4.78 is 26.1. The number of nitrogens with zero attached hydrogens (tertiary/aromatic N) is 2. The van der Waals surface area contributed by atoms with E-state index in [1.165, 1.54) is 25.2 Å². The number of hydrogen-bond acceptors (Lipinski definition) is 5. The summed E-state index contributed by atoms with van der Waals surface area (Å²) in [6.45, 7) is 3.92. The number of benzene rings is 1. The van der Waals surface area contributed by atoms with Gasteiger partial charge in [-0.05, 0) is 24.3 Å². The summed E-state index contributed by atoms with van der Waals surface area (Å²) in [6.07, 6.45) is 3.06. The van der Waals surface area contributed by atoms with E-state index in [0.29, 0.717) is 11.8 Å². The molecule has 3 atom stereocenters. The molecule has 144 valence electrons. The van der Waals surface area contributed by atoms with E-state index in [1.54, 1.807) is 0 Å². The fourth-order valence-corrected chi connectivity index (χ4v) is 4.43. The van der Waals surface area contributed by atoms with Crippen LogP contribution < -0.4 is 5.32 Å². The van der Waals surface area contributed by atoms with Crippen LogP contribution in [-0.4, -0.2) is 43.2 Å². The Balaban J connectivity index is 2.05. The number of hydrogen-bond donors (Lipinski definition) is 1. The molecule has 0 aliphatic heterocycles. The first-order chi connectivity index (χ1) is 12.1. The maximum atomic E-state index is 12.6. The van der Waals surface area contributed by atoms with E-state index in [4.69, 9.17) is 0 Å². The molecule has 1 aliphatic carbocycles. The Morgan fingerprint density at radius 2 is 2.04 bits per heavy atom. The lowest BCUT2D eigenvalue weighted by molar-refractivity contribution is -0.385. The van der Waals surface area contributed by atoms with Crippen LogP contribution in [-0.2, 0) is 14.8 Å². The van der Waals surface area contributed by atoms with Crippen molar-refractivity contribution in [3.05, 3.63) is 34.4 Å². The number of amides is 1. The van der Waals surface area contributed by atoms with Crippen molar-refractivity contribution >= 4 is 21.6 Å². The van der Waals surface area contributed by atoms with Gasteiger partial charge in [0.2, 0.25) is 15.9 Å². The van der Waals surface area contributed by atoms with Crippen LogP contribution in [0, 0.1) is 22.0 Å². The molecule has 1 aromatic carbocycles. The van der Waals surface area contributed by atoms with Crippen LogP contribution in [0.3, 0.4) is 0 Å². The van der Waals surface area contributed by atoms with Crippen molar-refractivity contribution in [2.45, 2.75) is 44.0 Å². The van der Waals surface area contributed by atoms with E-state index in [-0.39, 0.29) is 29.1 Å². The Bertz CT molecular complexity index is 780. The van der Waals surface area contributed by atoms with Crippen LogP contribution in [0.2, 0.25) is 0 Å². The van der Waals surface area contributed by atoms with Gasteiger partial charge in [0.25, 0.3) is 5.69 Å². The van der Waals surface area contributed by atoms with Gasteiger partial charge < -0.3 is 5.32 Å². The van der Waals surface area contributed by atoms with E-state index < -0.39 is 14.9 Å². The number of rotatable bonds is 6. The van der Waals surface area contributed by atoms with Gasteiger partial charge in [0.05, 0.1) is 16.4 Å². The molecule has 0 spiro atoms. The molecule has 0 saturated heterocycles. The van der Waals surface area contributed by atoms with Gasteiger partial charge in [-0.25, -0.2) is 8.42 Å². The van der Waals surface area contributed by atoms with Crippen molar-refractivity contribution in [2.24, 2.45) is 11.8 Å². The smallest absolute Gasteiger partial charge is 0.270 e. The minimum atomic E-state index is -3.99. The molecule has 8 nitrogen and oxygen atoms in total. The summed E-state index contributed by atoms with van der Waals surface area (Å²) in [4.78, 5) is 22.3.